The number of aliphatic carboxylic acids is 1. The van der Waals surface area contributed by atoms with Gasteiger partial charge in [0, 0.05) is 18.0 Å². The van der Waals surface area contributed by atoms with Crippen LogP contribution in [-0.4, -0.2) is 123 Å². The Morgan fingerprint density at radius 3 is 1.56 bits per heavy atom. The molecule has 14 nitrogen and oxygen atoms in total. The van der Waals surface area contributed by atoms with E-state index in [0.29, 0.717) is 92.4 Å². The minimum absolute atomic E-state index is 0.300. The number of nitrogens with one attached hydrogen (secondary N) is 1. The lowest BCUT2D eigenvalue weighted by Gasteiger charge is -2.08. The number of rotatable bonds is 25. The summed E-state index contributed by atoms with van der Waals surface area (Å²) in [5, 5.41) is 14.3. The highest BCUT2D eigenvalue weighted by Crippen LogP contribution is 1.85. The van der Waals surface area contributed by atoms with E-state index in [2.05, 4.69) is 20.1 Å². The second-order valence-corrected chi connectivity index (χ2v) is 5.87. The standard InChI is InChI=1S/C18H34N4O10/c19-22-21-2-4-27-6-8-29-10-12-31-14-13-30-11-9-28-7-5-26-3-1-20-17(23)15-32-16-18(24)25/h1-16H2,(H,20,23)(H,24,25). The summed E-state index contributed by atoms with van der Waals surface area (Å²) >= 11 is 0. The minimum Gasteiger partial charge on any atom is -0.480 e. The predicted octanol–water partition coefficient (Wildman–Crippen LogP) is -0.386. The van der Waals surface area contributed by atoms with Gasteiger partial charge in [0.1, 0.15) is 13.2 Å². The van der Waals surface area contributed by atoms with Crippen LogP contribution in [0.15, 0.2) is 5.11 Å². The molecule has 0 saturated heterocycles. The topological polar surface area (TPSA) is 180 Å². The van der Waals surface area contributed by atoms with Crippen LogP contribution in [0, 0.1) is 0 Å². The van der Waals surface area contributed by atoms with Crippen molar-refractivity contribution in [2.24, 2.45) is 5.11 Å². The van der Waals surface area contributed by atoms with Gasteiger partial charge in [-0.05, 0) is 5.53 Å². The molecule has 32 heavy (non-hydrogen) atoms. The van der Waals surface area contributed by atoms with Gasteiger partial charge in [0.25, 0.3) is 0 Å². The first-order valence-corrected chi connectivity index (χ1v) is 10.2. The molecule has 0 aromatic carbocycles. The van der Waals surface area contributed by atoms with Gasteiger partial charge in [0.15, 0.2) is 0 Å². The molecule has 14 heteroatoms. The first-order chi connectivity index (χ1) is 15.7. The molecule has 0 fully saturated rings. The van der Waals surface area contributed by atoms with Crippen molar-refractivity contribution in [1.29, 1.82) is 0 Å². The molecule has 0 saturated carbocycles. The Labute approximate surface area is 187 Å². The number of nitrogens with zero attached hydrogens (tertiary/aromatic N) is 3. The smallest absolute Gasteiger partial charge is 0.329 e. The number of carbonyl (C=O) groups excluding carboxylic acids is 1. The van der Waals surface area contributed by atoms with Crippen LogP contribution in [0.25, 0.3) is 10.4 Å². The summed E-state index contributed by atoms with van der Waals surface area (Å²) in [7, 11) is 0. The van der Waals surface area contributed by atoms with E-state index in [0.717, 1.165) is 0 Å². The van der Waals surface area contributed by atoms with E-state index in [4.69, 9.17) is 39.1 Å². The van der Waals surface area contributed by atoms with Crippen molar-refractivity contribution < 1.29 is 47.9 Å². The molecule has 0 atom stereocenters. The summed E-state index contributed by atoms with van der Waals surface area (Å²) in [6.45, 7) is 4.91. The summed E-state index contributed by atoms with van der Waals surface area (Å²) in [4.78, 5) is 24.1. The third kappa shape index (κ3) is 26.0. The Kier molecular flexibility index (Phi) is 23.6. The van der Waals surface area contributed by atoms with Gasteiger partial charge in [-0.3, -0.25) is 4.79 Å². The molecule has 0 aromatic rings. The van der Waals surface area contributed by atoms with E-state index < -0.39 is 18.5 Å². The molecule has 1 amide bonds. The summed E-state index contributed by atoms with van der Waals surface area (Å²) in [5.41, 5.74) is 8.09. The Balaban J connectivity index is 3.11. The minimum atomic E-state index is -1.12. The number of amides is 1. The third-order valence-electron chi connectivity index (χ3n) is 3.29. The summed E-state index contributed by atoms with van der Waals surface area (Å²) in [6, 6.07) is 0. The molecule has 0 aliphatic heterocycles. The van der Waals surface area contributed by atoms with Crippen LogP contribution in [0.2, 0.25) is 0 Å². The van der Waals surface area contributed by atoms with E-state index in [1.165, 1.54) is 0 Å². The number of carboxylic acid groups (broad SMARTS) is 1. The van der Waals surface area contributed by atoms with Gasteiger partial charge in [-0.2, -0.15) is 0 Å². The van der Waals surface area contributed by atoms with Crippen molar-refractivity contribution in [3.8, 4) is 0 Å². The molecule has 0 aliphatic carbocycles. The largest absolute Gasteiger partial charge is 0.480 e. The monoisotopic (exact) mass is 466 g/mol. The molecule has 0 rings (SSSR count). The van der Waals surface area contributed by atoms with E-state index in [-0.39, 0.29) is 6.61 Å². The van der Waals surface area contributed by atoms with E-state index in [9.17, 15) is 9.59 Å². The van der Waals surface area contributed by atoms with E-state index in [1.54, 1.807) is 0 Å². The fraction of sp³-hybridized carbons (Fsp3) is 0.889. The van der Waals surface area contributed by atoms with E-state index >= 15 is 0 Å². The molecule has 186 valence electrons. The summed E-state index contributed by atoms with van der Waals surface area (Å²) in [6.07, 6.45) is 0. The van der Waals surface area contributed by atoms with Crippen LogP contribution in [0.1, 0.15) is 0 Å². The summed E-state index contributed by atoms with van der Waals surface area (Å²) in [5.74, 6) is -1.52. The lowest BCUT2D eigenvalue weighted by molar-refractivity contribution is -0.143. The van der Waals surface area contributed by atoms with Crippen LogP contribution in [0.4, 0.5) is 0 Å². The maximum atomic E-state index is 11.3. The SMILES string of the molecule is [N-]=[N+]=NCCOCCOCCOCCOCCOCCOCCNC(=O)COCC(=O)O. The third-order valence-corrected chi connectivity index (χ3v) is 3.29. The molecule has 0 bridgehead atoms. The Hall–Kier alpha value is -2.03. The molecule has 0 aromatic heterocycles. The van der Waals surface area contributed by atoms with Crippen molar-refractivity contribution in [2.45, 2.75) is 0 Å². The van der Waals surface area contributed by atoms with Gasteiger partial charge in [-0.1, -0.05) is 5.11 Å². The molecular formula is C18H34N4O10. The zero-order valence-corrected chi connectivity index (χ0v) is 18.3. The molecule has 0 spiro atoms. The van der Waals surface area contributed by atoms with E-state index in [1.807, 2.05) is 0 Å². The van der Waals surface area contributed by atoms with Gasteiger partial charge < -0.3 is 43.6 Å². The molecule has 0 unspecified atom stereocenters. The second-order valence-electron chi connectivity index (χ2n) is 5.87. The first-order valence-electron chi connectivity index (χ1n) is 10.2. The average Bonchev–Trinajstić information content (AvgIpc) is 2.77. The first kappa shape index (κ1) is 30.0. The van der Waals surface area contributed by atoms with Gasteiger partial charge in [0.05, 0.1) is 79.3 Å². The fourth-order valence-corrected chi connectivity index (χ4v) is 1.90. The number of hydrogen-bond acceptors (Lipinski definition) is 10. The highest BCUT2D eigenvalue weighted by Gasteiger charge is 2.03. The number of carbonyl (C=O) groups is 2. The lowest BCUT2D eigenvalue weighted by Crippen LogP contribution is -2.31. The summed E-state index contributed by atoms with van der Waals surface area (Å²) < 4.78 is 36.5. The number of carboxylic acids is 1. The van der Waals surface area contributed by atoms with Crippen molar-refractivity contribution in [1.82, 2.24) is 5.32 Å². The Morgan fingerprint density at radius 1 is 0.688 bits per heavy atom. The number of hydrogen-bond donors (Lipinski definition) is 2. The molecule has 0 radical (unpaired) electrons. The van der Waals surface area contributed by atoms with Crippen LogP contribution in [0.5, 0.6) is 0 Å². The van der Waals surface area contributed by atoms with Gasteiger partial charge in [-0.15, -0.1) is 0 Å². The van der Waals surface area contributed by atoms with Crippen molar-refractivity contribution in [2.75, 3.05) is 106 Å². The van der Waals surface area contributed by atoms with Crippen molar-refractivity contribution in [3.05, 3.63) is 10.4 Å². The molecular weight excluding hydrogens is 432 g/mol. The number of ether oxygens (including phenoxy) is 7. The Bertz CT molecular complexity index is 506. The zero-order chi connectivity index (χ0) is 23.5. The van der Waals surface area contributed by atoms with Crippen LogP contribution >= 0.6 is 0 Å². The normalized spacial score (nSPS) is 10.6. The van der Waals surface area contributed by atoms with Gasteiger partial charge in [-0.25, -0.2) is 4.79 Å². The highest BCUT2D eigenvalue weighted by atomic mass is 16.6. The Morgan fingerprint density at radius 2 is 1.12 bits per heavy atom. The predicted molar refractivity (Wildman–Crippen MR) is 110 cm³/mol. The van der Waals surface area contributed by atoms with Gasteiger partial charge in [0.2, 0.25) is 5.91 Å². The molecule has 0 heterocycles. The van der Waals surface area contributed by atoms with Gasteiger partial charge >= 0.3 is 5.97 Å². The molecule has 2 N–H and O–H groups in total. The molecule has 0 aliphatic rings. The fourth-order valence-electron chi connectivity index (χ4n) is 1.90. The average molecular weight is 466 g/mol. The maximum absolute atomic E-state index is 11.3. The maximum Gasteiger partial charge on any atom is 0.329 e. The zero-order valence-electron chi connectivity index (χ0n) is 18.3. The van der Waals surface area contributed by atoms with Crippen LogP contribution < -0.4 is 5.32 Å². The van der Waals surface area contributed by atoms with Crippen LogP contribution in [-0.2, 0) is 42.7 Å². The van der Waals surface area contributed by atoms with Crippen LogP contribution in [0.3, 0.4) is 0 Å². The lowest BCUT2D eigenvalue weighted by atomic mass is 10.6. The number of azide groups is 1. The second kappa shape index (κ2) is 25.2. The van der Waals surface area contributed by atoms with Crippen molar-refractivity contribution in [3.63, 3.8) is 0 Å². The quantitative estimate of drug-likeness (QED) is 0.0778. The highest BCUT2D eigenvalue weighted by molar-refractivity contribution is 5.77. The van der Waals surface area contributed by atoms with Crippen molar-refractivity contribution >= 4 is 11.9 Å².